The molecule has 1 saturated heterocycles. The Morgan fingerprint density at radius 2 is 1.74 bits per heavy atom. The van der Waals surface area contributed by atoms with E-state index in [-0.39, 0.29) is 36.8 Å². The van der Waals surface area contributed by atoms with Crippen molar-refractivity contribution in [2.75, 3.05) is 33.4 Å². The van der Waals surface area contributed by atoms with Gasteiger partial charge < -0.3 is 24.8 Å². The zero-order valence-corrected chi connectivity index (χ0v) is 19.7. The van der Waals surface area contributed by atoms with Gasteiger partial charge in [-0.3, -0.25) is 4.79 Å². The predicted octanol–water partition coefficient (Wildman–Crippen LogP) is 3.25. The van der Waals surface area contributed by atoms with E-state index in [0.717, 1.165) is 11.1 Å². The summed E-state index contributed by atoms with van der Waals surface area (Å²) < 4.78 is 10.8. The molecule has 1 heterocycles. The molecule has 2 aliphatic carbocycles. The molecule has 2 fully saturated rings. The van der Waals surface area contributed by atoms with E-state index in [1.807, 2.05) is 24.3 Å². The summed E-state index contributed by atoms with van der Waals surface area (Å²) in [7, 11) is 1.38. The second kappa shape index (κ2) is 9.34. The van der Waals surface area contributed by atoms with Gasteiger partial charge >= 0.3 is 12.1 Å². The van der Waals surface area contributed by atoms with Crippen molar-refractivity contribution in [2.24, 2.45) is 11.8 Å². The summed E-state index contributed by atoms with van der Waals surface area (Å²) in [6, 6.07) is 16.4. The number of carbonyl (C=O) groups is 3. The summed E-state index contributed by atoms with van der Waals surface area (Å²) in [6.45, 7) is 1.19. The van der Waals surface area contributed by atoms with Crippen molar-refractivity contribution in [3.63, 3.8) is 0 Å². The van der Waals surface area contributed by atoms with Gasteiger partial charge in [0.25, 0.3) is 0 Å². The van der Waals surface area contributed by atoms with Crippen molar-refractivity contribution in [3.8, 4) is 11.1 Å². The van der Waals surface area contributed by atoms with Crippen molar-refractivity contribution in [2.45, 2.75) is 30.8 Å². The van der Waals surface area contributed by atoms with E-state index in [4.69, 9.17) is 9.47 Å². The van der Waals surface area contributed by atoms with E-state index in [9.17, 15) is 19.5 Å². The first kappa shape index (κ1) is 23.4. The molecule has 1 saturated carbocycles. The molecule has 0 aromatic heterocycles. The molecular weight excluding hydrogens is 448 g/mol. The number of likely N-dealkylation sites (tertiary alicyclic amines) is 1. The smallest absolute Gasteiger partial charge is 0.407 e. The van der Waals surface area contributed by atoms with Crippen molar-refractivity contribution in [3.05, 3.63) is 59.7 Å². The number of hydrogen-bond acceptors (Lipinski definition) is 5. The van der Waals surface area contributed by atoms with Crippen LogP contribution in [0, 0.1) is 11.8 Å². The zero-order valence-electron chi connectivity index (χ0n) is 19.7. The fraction of sp³-hybridized carbons (Fsp3) is 0.444. The molecular formula is C27H30N2O6. The van der Waals surface area contributed by atoms with Crippen LogP contribution in [0.2, 0.25) is 0 Å². The van der Waals surface area contributed by atoms with Gasteiger partial charge in [-0.05, 0) is 47.4 Å². The molecule has 2 aromatic carbocycles. The SMILES string of the molecule is COC1(C(=O)O)CCCN(C(=O)C2CC2CNC(=O)OCC2c3ccccc3-c3ccccc32)C1. The van der Waals surface area contributed by atoms with Crippen LogP contribution < -0.4 is 5.32 Å². The Morgan fingerprint density at radius 3 is 2.37 bits per heavy atom. The third-order valence-corrected chi connectivity index (χ3v) is 7.64. The Labute approximate surface area is 204 Å². The Bertz CT molecular complexity index is 1100. The number of piperidine rings is 1. The number of ether oxygens (including phenoxy) is 2. The van der Waals surface area contributed by atoms with Gasteiger partial charge in [0, 0.05) is 32.0 Å². The van der Waals surface area contributed by atoms with Crippen LogP contribution in [0.3, 0.4) is 0 Å². The van der Waals surface area contributed by atoms with Crippen LogP contribution in [0.1, 0.15) is 36.3 Å². The molecule has 0 radical (unpaired) electrons. The number of benzene rings is 2. The van der Waals surface area contributed by atoms with Gasteiger partial charge in [-0.25, -0.2) is 9.59 Å². The highest BCUT2D eigenvalue weighted by Crippen LogP contribution is 2.44. The number of hydrogen-bond donors (Lipinski definition) is 2. The number of alkyl carbamates (subject to hydrolysis) is 1. The van der Waals surface area contributed by atoms with Gasteiger partial charge in [0.1, 0.15) is 6.61 Å². The Hall–Kier alpha value is -3.39. The van der Waals surface area contributed by atoms with Gasteiger partial charge in [-0.1, -0.05) is 48.5 Å². The first-order valence-electron chi connectivity index (χ1n) is 12.1. The first-order chi connectivity index (χ1) is 16.9. The first-order valence-corrected chi connectivity index (χ1v) is 12.1. The number of aliphatic carboxylic acids is 1. The van der Waals surface area contributed by atoms with E-state index in [0.29, 0.717) is 32.4 Å². The molecule has 35 heavy (non-hydrogen) atoms. The van der Waals surface area contributed by atoms with Gasteiger partial charge in [-0.2, -0.15) is 0 Å². The van der Waals surface area contributed by atoms with E-state index < -0.39 is 17.7 Å². The third-order valence-electron chi connectivity index (χ3n) is 7.64. The highest BCUT2D eigenvalue weighted by atomic mass is 16.5. The van der Waals surface area contributed by atoms with Gasteiger partial charge in [0.2, 0.25) is 5.91 Å². The maximum atomic E-state index is 12.9. The number of carboxylic acids is 1. The molecule has 0 spiro atoms. The average Bonchev–Trinajstić information content (AvgIpc) is 3.60. The molecule has 8 nitrogen and oxygen atoms in total. The second-order valence-corrected chi connectivity index (χ2v) is 9.68. The van der Waals surface area contributed by atoms with Crippen molar-refractivity contribution in [1.82, 2.24) is 10.2 Å². The van der Waals surface area contributed by atoms with Crippen LogP contribution in [0.25, 0.3) is 11.1 Å². The summed E-state index contributed by atoms with van der Waals surface area (Å²) in [5, 5.41) is 12.4. The third kappa shape index (κ3) is 4.38. The normalized spacial score (nSPS) is 24.9. The summed E-state index contributed by atoms with van der Waals surface area (Å²) in [5.41, 5.74) is 3.33. The molecule has 2 amide bonds. The van der Waals surface area contributed by atoms with Gasteiger partial charge in [0.15, 0.2) is 5.60 Å². The van der Waals surface area contributed by atoms with Crippen molar-refractivity contribution >= 4 is 18.0 Å². The zero-order chi connectivity index (χ0) is 24.6. The van der Waals surface area contributed by atoms with Crippen LogP contribution in [-0.2, 0) is 19.1 Å². The van der Waals surface area contributed by atoms with Crippen LogP contribution >= 0.6 is 0 Å². The molecule has 3 atom stereocenters. The van der Waals surface area contributed by atoms with Crippen LogP contribution in [0.4, 0.5) is 4.79 Å². The van der Waals surface area contributed by atoms with Crippen LogP contribution in [-0.4, -0.2) is 66.9 Å². The van der Waals surface area contributed by atoms with Crippen molar-refractivity contribution in [1.29, 1.82) is 0 Å². The average molecular weight is 479 g/mol. The lowest BCUT2D eigenvalue weighted by Gasteiger charge is -2.39. The second-order valence-electron chi connectivity index (χ2n) is 9.68. The van der Waals surface area contributed by atoms with Crippen LogP contribution in [0.5, 0.6) is 0 Å². The minimum absolute atomic E-state index is 0.00205. The van der Waals surface area contributed by atoms with Crippen molar-refractivity contribution < 1.29 is 29.0 Å². The highest BCUT2D eigenvalue weighted by molar-refractivity contribution is 5.84. The molecule has 184 valence electrons. The molecule has 8 heteroatoms. The number of methoxy groups -OCH3 is 1. The van der Waals surface area contributed by atoms with E-state index in [1.165, 1.54) is 18.2 Å². The fourth-order valence-electron chi connectivity index (χ4n) is 5.51. The predicted molar refractivity (Wildman–Crippen MR) is 128 cm³/mol. The summed E-state index contributed by atoms with van der Waals surface area (Å²) >= 11 is 0. The lowest BCUT2D eigenvalue weighted by Crippen LogP contribution is -2.56. The number of carboxylic acid groups (broad SMARTS) is 1. The summed E-state index contributed by atoms with van der Waals surface area (Å²) in [4.78, 5) is 38.6. The van der Waals surface area contributed by atoms with E-state index in [2.05, 4.69) is 29.6 Å². The Kier molecular flexibility index (Phi) is 6.23. The van der Waals surface area contributed by atoms with Gasteiger partial charge in [0.05, 0.1) is 6.54 Å². The number of rotatable bonds is 7. The molecule has 2 N–H and O–H groups in total. The standard InChI is InChI=1S/C27H30N2O6/c1-34-27(25(31)32)11-6-12-29(16-27)24(30)22-13-17(22)14-28-26(33)35-15-23-20-9-4-2-7-18(20)19-8-3-5-10-21(19)23/h2-5,7-10,17,22-23H,6,11-16H2,1H3,(H,28,33)(H,31,32). The molecule has 3 aliphatic rings. The lowest BCUT2D eigenvalue weighted by molar-refractivity contribution is -0.171. The molecule has 0 bridgehead atoms. The fourth-order valence-corrected chi connectivity index (χ4v) is 5.51. The number of nitrogens with zero attached hydrogens (tertiary/aromatic N) is 1. The quantitative estimate of drug-likeness (QED) is 0.633. The van der Waals surface area contributed by atoms with Gasteiger partial charge in [-0.15, -0.1) is 0 Å². The molecule has 3 unspecified atom stereocenters. The summed E-state index contributed by atoms with van der Waals surface area (Å²) in [5.74, 6) is -1.27. The minimum atomic E-state index is -1.34. The monoisotopic (exact) mass is 478 g/mol. The molecule has 5 rings (SSSR count). The number of nitrogens with one attached hydrogen (secondary N) is 1. The largest absolute Gasteiger partial charge is 0.479 e. The molecule has 1 aliphatic heterocycles. The number of fused-ring (bicyclic) bond motifs is 3. The minimum Gasteiger partial charge on any atom is -0.479 e. The maximum Gasteiger partial charge on any atom is 0.407 e. The van der Waals surface area contributed by atoms with Crippen LogP contribution in [0.15, 0.2) is 48.5 Å². The molecule has 2 aromatic rings. The van der Waals surface area contributed by atoms with E-state index >= 15 is 0 Å². The topological polar surface area (TPSA) is 105 Å². The summed E-state index contributed by atoms with van der Waals surface area (Å²) in [6.07, 6.45) is 1.15. The Balaban J connectivity index is 1.11. The maximum absolute atomic E-state index is 12.9. The number of amides is 2. The lowest BCUT2D eigenvalue weighted by atomic mass is 9.92. The number of carbonyl (C=O) groups excluding carboxylic acids is 2. The highest BCUT2D eigenvalue weighted by Gasteiger charge is 2.49. The Morgan fingerprint density at radius 1 is 1.09 bits per heavy atom. The van der Waals surface area contributed by atoms with E-state index in [1.54, 1.807) is 4.90 Å².